The largest absolute Gasteiger partial charge is 0.481 e. The fraction of sp³-hybridized carbons (Fsp3) is 0.947. The van der Waals surface area contributed by atoms with E-state index in [0.29, 0.717) is 12.8 Å². The number of rotatable bonds is 35. The first-order chi connectivity index (χ1) is 20.6. The number of esters is 1. The number of carboxylic acids is 1. The third-order valence-electron chi connectivity index (χ3n) is 8.83. The molecule has 42 heavy (non-hydrogen) atoms. The van der Waals surface area contributed by atoms with Gasteiger partial charge in [-0.15, -0.1) is 0 Å². The molecule has 4 nitrogen and oxygen atoms in total. The normalized spacial score (nSPS) is 12.0. The van der Waals surface area contributed by atoms with Crippen LogP contribution in [0.4, 0.5) is 0 Å². The average molecular weight is 595 g/mol. The maximum Gasteiger partial charge on any atom is 0.306 e. The molecule has 0 bridgehead atoms. The molecule has 1 N–H and O–H groups in total. The molecule has 0 aliphatic carbocycles. The molecule has 0 aromatic rings. The van der Waals surface area contributed by atoms with Gasteiger partial charge in [0.25, 0.3) is 0 Å². The molecule has 0 aliphatic heterocycles. The van der Waals surface area contributed by atoms with Gasteiger partial charge in [0.1, 0.15) is 6.10 Å². The fourth-order valence-corrected chi connectivity index (χ4v) is 6.00. The van der Waals surface area contributed by atoms with E-state index in [1.165, 1.54) is 154 Å². The maximum absolute atomic E-state index is 12.5. The van der Waals surface area contributed by atoms with Crippen LogP contribution in [0, 0.1) is 0 Å². The molecule has 4 heteroatoms. The second-order valence-corrected chi connectivity index (χ2v) is 13.1. The molecule has 250 valence electrons. The van der Waals surface area contributed by atoms with Gasteiger partial charge in [0.05, 0.1) is 0 Å². The van der Waals surface area contributed by atoms with Crippen LogP contribution in [-0.2, 0) is 14.3 Å². The molecule has 0 rings (SSSR count). The van der Waals surface area contributed by atoms with Crippen LogP contribution in [0.2, 0.25) is 0 Å². The number of carbonyl (C=O) groups is 2. The second kappa shape index (κ2) is 34.4. The Morgan fingerprint density at radius 1 is 0.429 bits per heavy atom. The Hall–Kier alpha value is -1.06. The smallest absolute Gasteiger partial charge is 0.306 e. The molecule has 0 fully saturated rings. The summed E-state index contributed by atoms with van der Waals surface area (Å²) in [5, 5.41) is 8.66. The SMILES string of the molecule is CCCCCCCCCCCCCCCCCC(=O)OC(CCCC)CCCCCCCCCCCCCCC(=O)O. The van der Waals surface area contributed by atoms with Crippen molar-refractivity contribution >= 4 is 11.9 Å². The van der Waals surface area contributed by atoms with Crippen LogP contribution in [0.15, 0.2) is 0 Å². The van der Waals surface area contributed by atoms with E-state index in [-0.39, 0.29) is 12.1 Å². The van der Waals surface area contributed by atoms with Gasteiger partial charge < -0.3 is 9.84 Å². The third-order valence-corrected chi connectivity index (χ3v) is 8.83. The summed E-state index contributed by atoms with van der Waals surface area (Å²) in [5.41, 5.74) is 0. The summed E-state index contributed by atoms with van der Waals surface area (Å²) in [6.45, 7) is 4.50. The van der Waals surface area contributed by atoms with Crippen molar-refractivity contribution in [3.63, 3.8) is 0 Å². The van der Waals surface area contributed by atoms with Crippen molar-refractivity contribution in [1.29, 1.82) is 0 Å². The van der Waals surface area contributed by atoms with Crippen molar-refractivity contribution < 1.29 is 19.4 Å². The van der Waals surface area contributed by atoms with Crippen LogP contribution in [0.5, 0.6) is 0 Å². The molecule has 0 amide bonds. The highest BCUT2D eigenvalue weighted by Crippen LogP contribution is 2.18. The summed E-state index contributed by atoms with van der Waals surface area (Å²) in [6, 6.07) is 0. The molecule has 0 aromatic heterocycles. The summed E-state index contributed by atoms with van der Waals surface area (Å²) < 4.78 is 5.92. The van der Waals surface area contributed by atoms with Crippen molar-refractivity contribution in [3.05, 3.63) is 0 Å². The Morgan fingerprint density at radius 2 is 0.738 bits per heavy atom. The van der Waals surface area contributed by atoms with Gasteiger partial charge in [-0.25, -0.2) is 0 Å². The highest BCUT2D eigenvalue weighted by Gasteiger charge is 2.14. The second-order valence-electron chi connectivity index (χ2n) is 13.1. The minimum Gasteiger partial charge on any atom is -0.481 e. The molecule has 1 atom stereocenters. The first-order valence-corrected chi connectivity index (χ1v) is 19.0. The van der Waals surface area contributed by atoms with Crippen molar-refractivity contribution in [2.24, 2.45) is 0 Å². The fourth-order valence-electron chi connectivity index (χ4n) is 6.00. The molecule has 0 aliphatic rings. The van der Waals surface area contributed by atoms with Crippen LogP contribution in [0.25, 0.3) is 0 Å². The molecule has 0 spiro atoms. The lowest BCUT2D eigenvalue weighted by molar-refractivity contribution is -0.150. The highest BCUT2D eigenvalue weighted by atomic mass is 16.5. The number of aliphatic carboxylic acids is 1. The lowest BCUT2D eigenvalue weighted by Crippen LogP contribution is -2.18. The summed E-state index contributed by atoms with van der Waals surface area (Å²) in [5.74, 6) is -0.634. The van der Waals surface area contributed by atoms with E-state index < -0.39 is 5.97 Å². The monoisotopic (exact) mass is 595 g/mol. The van der Waals surface area contributed by atoms with E-state index in [4.69, 9.17) is 9.84 Å². The number of carbonyl (C=O) groups excluding carboxylic acids is 1. The lowest BCUT2D eigenvalue weighted by atomic mass is 10.0. The Balaban J connectivity index is 3.60. The van der Waals surface area contributed by atoms with Gasteiger partial charge in [-0.1, -0.05) is 181 Å². The minimum absolute atomic E-state index is 0.0349. The molecule has 0 saturated heterocycles. The van der Waals surface area contributed by atoms with Gasteiger partial charge in [-0.3, -0.25) is 9.59 Å². The van der Waals surface area contributed by atoms with Crippen molar-refractivity contribution in [2.75, 3.05) is 0 Å². The molecule has 1 unspecified atom stereocenters. The topological polar surface area (TPSA) is 63.6 Å². The molecule has 0 radical (unpaired) electrons. The standard InChI is InChI=1S/C38H74O4/c1-3-5-7-8-9-10-11-12-13-14-19-22-25-28-31-35-38(41)42-36(32-6-4-2)33-29-26-23-20-17-15-16-18-21-24-27-30-34-37(39)40/h36H,3-35H2,1-2H3,(H,39,40). The summed E-state index contributed by atoms with van der Waals surface area (Å²) >= 11 is 0. The molecule has 0 heterocycles. The van der Waals surface area contributed by atoms with E-state index in [0.717, 1.165) is 44.9 Å². The first kappa shape index (κ1) is 40.9. The van der Waals surface area contributed by atoms with Gasteiger partial charge >= 0.3 is 11.9 Å². The van der Waals surface area contributed by atoms with Gasteiger partial charge in [-0.05, 0) is 32.1 Å². The highest BCUT2D eigenvalue weighted by molar-refractivity contribution is 5.69. The Kier molecular flexibility index (Phi) is 33.6. The van der Waals surface area contributed by atoms with Gasteiger partial charge in [0.2, 0.25) is 0 Å². The van der Waals surface area contributed by atoms with Gasteiger partial charge in [0.15, 0.2) is 0 Å². The Labute approximate surface area is 262 Å². The minimum atomic E-state index is -0.668. The van der Waals surface area contributed by atoms with Crippen LogP contribution in [0.1, 0.15) is 226 Å². The third kappa shape index (κ3) is 33.4. The van der Waals surface area contributed by atoms with Crippen molar-refractivity contribution in [2.45, 2.75) is 232 Å². The first-order valence-electron chi connectivity index (χ1n) is 19.0. The zero-order chi connectivity index (χ0) is 30.8. The van der Waals surface area contributed by atoms with E-state index in [1.54, 1.807) is 0 Å². The number of hydrogen-bond acceptors (Lipinski definition) is 3. The number of carboxylic acid groups (broad SMARTS) is 1. The van der Waals surface area contributed by atoms with Crippen LogP contribution in [0.3, 0.4) is 0 Å². The quantitative estimate of drug-likeness (QED) is 0.0585. The van der Waals surface area contributed by atoms with E-state index in [9.17, 15) is 9.59 Å². The van der Waals surface area contributed by atoms with Crippen LogP contribution < -0.4 is 0 Å². The summed E-state index contributed by atoms with van der Waals surface area (Å²) in [6.07, 6.45) is 40.2. The van der Waals surface area contributed by atoms with E-state index in [2.05, 4.69) is 13.8 Å². The van der Waals surface area contributed by atoms with Gasteiger partial charge in [0, 0.05) is 12.8 Å². The number of ether oxygens (including phenoxy) is 1. The summed E-state index contributed by atoms with van der Waals surface area (Å²) in [4.78, 5) is 23.0. The Morgan fingerprint density at radius 3 is 1.12 bits per heavy atom. The average Bonchev–Trinajstić information content (AvgIpc) is 2.97. The van der Waals surface area contributed by atoms with Crippen molar-refractivity contribution in [3.8, 4) is 0 Å². The Bertz CT molecular complexity index is 561. The van der Waals surface area contributed by atoms with E-state index >= 15 is 0 Å². The van der Waals surface area contributed by atoms with Crippen molar-refractivity contribution in [1.82, 2.24) is 0 Å². The van der Waals surface area contributed by atoms with Gasteiger partial charge in [-0.2, -0.15) is 0 Å². The predicted molar refractivity (Wildman–Crippen MR) is 181 cm³/mol. The molecule has 0 saturated carbocycles. The molecule has 0 aromatic carbocycles. The van der Waals surface area contributed by atoms with Crippen LogP contribution >= 0.6 is 0 Å². The lowest BCUT2D eigenvalue weighted by Gasteiger charge is -2.18. The zero-order valence-corrected chi connectivity index (χ0v) is 28.6. The zero-order valence-electron chi connectivity index (χ0n) is 28.6. The number of unbranched alkanes of at least 4 members (excludes halogenated alkanes) is 26. The molecular formula is C38H74O4. The van der Waals surface area contributed by atoms with Crippen LogP contribution in [-0.4, -0.2) is 23.1 Å². The predicted octanol–water partition coefficient (Wildman–Crippen LogP) is 12.9. The summed E-state index contributed by atoms with van der Waals surface area (Å²) in [7, 11) is 0. The number of hydrogen-bond donors (Lipinski definition) is 1. The molecular weight excluding hydrogens is 520 g/mol. The maximum atomic E-state index is 12.5. The van der Waals surface area contributed by atoms with E-state index in [1.807, 2.05) is 0 Å².